The second-order valence-corrected chi connectivity index (χ2v) is 7.68. The second kappa shape index (κ2) is 9.83. The van der Waals surface area contributed by atoms with Gasteiger partial charge in [-0.15, -0.1) is 0 Å². The highest BCUT2D eigenvalue weighted by molar-refractivity contribution is 5.88. The molecule has 0 aromatic heterocycles. The van der Waals surface area contributed by atoms with E-state index in [4.69, 9.17) is 0 Å². The van der Waals surface area contributed by atoms with Crippen molar-refractivity contribution < 1.29 is 14.0 Å². The molecule has 1 heterocycles. The molecule has 2 amide bonds. The first kappa shape index (κ1) is 19.8. The number of carbonyl (C=O) groups is 2. The van der Waals surface area contributed by atoms with Crippen molar-refractivity contribution >= 4 is 11.8 Å². The zero-order chi connectivity index (χ0) is 19.1. The fourth-order valence-corrected chi connectivity index (χ4v) is 4.08. The first-order valence-electron chi connectivity index (χ1n) is 10.2. The summed E-state index contributed by atoms with van der Waals surface area (Å²) in [7, 11) is 0. The van der Waals surface area contributed by atoms with Gasteiger partial charge in [0, 0.05) is 31.2 Å². The van der Waals surface area contributed by atoms with Gasteiger partial charge in [0.1, 0.15) is 5.82 Å². The molecule has 1 aliphatic heterocycles. The molecule has 27 heavy (non-hydrogen) atoms. The molecule has 1 aromatic carbocycles. The lowest BCUT2D eigenvalue weighted by Gasteiger charge is -2.35. The summed E-state index contributed by atoms with van der Waals surface area (Å²) in [5.41, 5.74) is 0.553. The number of hydrogen-bond acceptors (Lipinski definition) is 3. The van der Waals surface area contributed by atoms with Gasteiger partial charge < -0.3 is 10.6 Å². The van der Waals surface area contributed by atoms with E-state index in [2.05, 4.69) is 10.6 Å². The highest BCUT2D eigenvalue weighted by atomic mass is 19.1. The van der Waals surface area contributed by atoms with Gasteiger partial charge in [0.15, 0.2) is 0 Å². The van der Waals surface area contributed by atoms with E-state index in [9.17, 15) is 14.0 Å². The van der Waals surface area contributed by atoms with Crippen molar-refractivity contribution in [3.63, 3.8) is 0 Å². The number of amides is 2. The predicted molar refractivity (Wildman–Crippen MR) is 102 cm³/mol. The van der Waals surface area contributed by atoms with Gasteiger partial charge in [0.05, 0.1) is 12.5 Å². The van der Waals surface area contributed by atoms with Crippen LogP contribution < -0.4 is 10.6 Å². The molecule has 1 saturated heterocycles. The number of benzene rings is 1. The quantitative estimate of drug-likeness (QED) is 0.832. The number of nitrogens with one attached hydrogen (secondary N) is 2. The average molecular weight is 375 g/mol. The summed E-state index contributed by atoms with van der Waals surface area (Å²) >= 11 is 0. The number of carbonyl (C=O) groups excluding carboxylic acids is 2. The predicted octanol–water partition coefficient (Wildman–Crippen LogP) is 2.75. The van der Waals surface area contributed by atoms with Crippen molar-refractivity contribution in [2.45, 2.75) is 70.0 Å². The topological polar surface area (TPSA) is 61.4 Å². The van der Waals surface area contributed by atoms with E-state index in [0.29, 0.717) is 25.2 Å². The van der Waals surface area contributed by atoms with Gasteiger partial charge in [-0.1, -0.05) is 50.3 Å². The standard InChI is InChI=1S/C21H30FN3O2/c22-18-11-7-6-8-16(18)15-25-13-12-23-21(27)19(25)14-20(26)24-17-9-4-2-1-3-5-10-17/h6-8,11,17,19H,1-5,9-10,12-15H2,(H,23,27)(H,24,26). The Balaban J connectivity index is 1.60. The van der Waals surface area contributed by atoms with E-state index >= 15 is 0 Å². The molecule has 2 N–H and O–H groups in total. The van der Waals surface area contributed by atoms with Gasteiger partial charge in [-0.05, 0) is 18.9 Å². The van der Waals surface area contributed by atoms with Crippen LogP contribution in [0.3, 0.4) is 0 Å². The summed E-state index contributed by atoms with van der Waals surface area (Å²) in [5.74, 6) is -0.507. The third-order valence-electron chi connectivity index (χ3n) is 5.62. The molecule has 3 rings (SSSR count). The smallest absolute Gasteiger partial charge is 0.237 e. The number of rotatable bonds is 5. The van der Waals surface area contributed by atoms with E-state index in [0.717, 1.165) is 25.7 Å². The van der Waals surface area contributed by atoms with Crippen molar-refractivity contribution in [3.05, 3.63) is 35.6 Å². The van der Waals surface area contributed by atoms with E-state index in [-0.39, 0.29) is 30.1 Å². The minimum atomic E-state index is -0.549. The number of nitrogens with zero attached hydrogens (tertiary/aromatic N) is 1. The van der Waals surface area contributed by atoms with Gasteiger partial charge in [0.2, 0.25) is 11.8 Å². The van der Waals surface area contributed by atoms with E-state index in [1.54, 1.807) is 18.2 Å². The summed E-state index contributed by atoms with van der Waals surface area (Å²) in [6.07, 6.45) is 8.19. The Morgan fingerprint density at radius 2 is 1.85 bits per heavy atom. The van der Waals surface area contributed by atoms with Crippen molar-refractivity contribution in [1.29, 1.82) is 0 Å². The first-order valence-corrected chi connectivity index (χ1v) is 10.2. The van der Waals surface area contributed by atoms with Crippen LogP contribution in [0.1, 0.15) is 56.9 Å². The Morgan fingerprint density at radius 3 is 2.59 bits per heavy atom. The average Bonchev–Trinajstić information content (AvgIpc) is 2.62. The molecule has 5 nitrogen and oxygen atoms in total. The van der Waals surface area contributed by atoms with Crippen LogP contribution >= 0.6 is 0 Å². The first-order chi connectivity index (χ1) is 13.1. The lowest BCUT2D eigenvalue weighted by atomic mass is 9.96. The molecular formula is C21H30FN3O2. The van der Waals surface area contributed by atoms with Crippen LogP contribution in [0.15, 0.2) is 24.3 Å². The minimum absolute atomic E-state index is 0.0823. The molecule has 1 saturated carbocycles. The SMILES string of the molecule is O=C(CC1C(=O)NCCN1Cc1ccccc1F)NC1CCCCCCC1. The molecule has 148 valence electrons. The van der Waals surface area contributed by atoms with Crippen LogP contribution in [0.2, 0.25) is 0 Å². The molecule has 2 aliphatic rings. The van der Waals surface area contributed by atoms with Gasteiger partial charge in [-0.2, -0.15) is 0 Å². The fraction of sp³-hybridized carbons (Fsp3) is 0.619. The van der Waals surface area contributed by atoms with E-state index < -0.39 is 6.04 Å². The minimum Gasteiger partial charge on any atom is -0.353 e. The van der Waals surface area contributed by atoms with Gasteiger partial charge in [-0.25, -0.2) is 4.39 Å². The van der Waals surface area contributed by atoms with Crippen molar-refractivity contribution in [3.8, 4) is 0 Å². The summed E-state index contributed by atoms with van der Waals surface area (Å²) in [6, 6.07) is 6.26. The lowest BCUT2D eigenvalue weighted by molar-refractivity contribution is -0.134. The zero-order valence-electron chi connectivity index (χ0n) is 15.9. The van der Waals surface area contributed by atoms with Crippen LogP contribution in [-0.2, 0) is 16.1 Å². The Kier molecular flexibility index (Phi) is 7.21. The fourth-order valence-electron chi connectivity index (χ4n) is 4.08. The van der Waals surface area contributed by atoms with Gasteiger partial charge >= 0.3 is 0 Å². The molecule has 6 heteroatoms. The monoisotopic (exact) mass is 375 g/mol. The van der Waals surface area contributed by atoms with Crippen molar-refractivity contribution in [1.82, 2.24) is 15.5 Å². The maximum Gasteiger partial charge on any atom is 0.237 e. The van der Waals surface area contributed by atoms with Crippen LogP contribution in [0.4, 0.5) is 4.39 Å². The molecule has 1 aromatic rings. The largest absolute Gasteiger partial charge is 0.353 e. The van der Waals surface area contributed by atoms with Crippen molar-refractivity contribution in [2.24, 2.45) is 0 Å². The molecule has 0 bridgehead atoms. The molecule has 1 aliphatic carbocycles. The number of halogens is 1. The van der Waals surface area contributed by atoms with E-state index in [1.807, 2.05) is 4.90 Å². The normalized spacial score (nSPS) is 22.6. The Bertz CT molecular complexity index is 644. The Hall–Kier alpha value is -1.95. The third kappa shape index (κ3) is 5.76. The molecular weight excluding hydrogens is 345 g/mol. The Labute approximate surface area is 160 Å². The summed E-state index contributed by atoms with van der Waals surface area (Å²) in [4.78, 5) is 26.9. The van der Waals surface area contributed by atoms with Crippen LogP contribution in [-0.4, -0.2) is 41.9 Å². The van der Waals surface area contributed by atoms with Gasteiger partial charge in [-0.3, -0.25) is 14.5 Å². The molecule has 1 unspecified atom stereocenters. The van der Waals surface area contributed by atoms with Crippen molar-refractivity contribution in [2.75, 3.05) is 13.1 Å². The lowest BCUT2D eigenvalue weighted by Crippen LogP contribution is -2.56. The third-order valence-corrected chi connectivity index (χ3v) is 5.62. The van der Waals surface area contributed by atoms with E-state index in [1.165, 1.54) is 25.3 Å². The molecule has 0 radical (unpaired) electrons. The highest BCUT2D eigenvalue weighted by Crippen LogP contribution is 2.19. The van der Waals surface area contributed by atoms with Gasteiger partial charge in [0.25, 0.3) is 0 Å². The van der Waals surface area contributed by atoms with Crippen LogP contribution in [0, 0.1) is 5.82 Å². The maximum absolute atomic E-state index is 14.0. The van der Waals surface area contributed by atoms with Crippen LogP contribution in [0.5, 0.6) is 0 Å². The molecule has 2 fully saturated rings. The number of piperazine rings is 1. The summed E-state index contributed by atoms with van der Waals surface area (Å²) < 4.78 is 14.0. The second-order valence-electron chi connectivity index (χ2n) is 7.68. The zero-order valence-corrected chi connectivity index (χ0v) is 15.9. The summed E-state index contributed by atoms with van der Waals surface area (Å²) in [5, 5.41) is 5.97. The Morgan fingerprint density at radius 1 is 1.15 bits per heavy atom. The highest BCUT2D eigenvalue weighted by Gasteiger charge is 2.32. The maximum atomic E-state index is 14.0. The molecule has 0 spiro atoms. The summed E-state index contributed by atoms with van der Waals surface area (Å²) in [6.45, 7) is 1.47. The number of hydrogen-bond donors (Lipinski definition) is 2. The van der Waals surface area contributed by atoms with Crippen LogP contribution in [0.25, 0.3) is 0 Å². The molecule has 1 atom stereocenters.